The van der Waals surface area contributed by atoms with E-state index < -0.39 is 0 Å². The van der Waals surface area contributed by atoms with E-state index >= 15 is 0 Å². The molecule has 0 aliphatic rings. The molecule has 82 valence electrons. The predicted molar refractivity (Wildman–Crippen MR) is 65.9 cm³/mol. The Morgan fingerprint density at radius 3 is 2.76 bits per heavy atom. The molecular weight excluding hydrogens is 212 g/mol. The first-order valence-corrected chi connectivity index (χ1v) is 5.06. The molecule has 0 fully saturated rings. The zero-order valence-corrected chi connectivity index (χ0v) is 9.31. The summed E-state index contributed by atoms with van der Waals surface area (Å²) in [6, 6.07) is 11.5. The smallest absolute Gasteiger partial charge is 0.145 e. The lowest BCUT2D eigenvalue weighted by molar-refractivity contribution is 0.969. The largest absolute Gasteiger partial charge is 0.360 e. The van der Waals surface area contributed by atoms with Crippen LogP contribution in [0.3, 0.4) is 0 Å². The molecule has 0 aliphatic carbocycles. The van der Waals surface area contributed by atoms with E-state index in [4.69, 9.17) is 10.5 Å². The van der Waals surface area contributed by atoms with Crippen LogP contribution >= 0.6 is 0 Å². The van der Waals surface area contributed by atoms with Gasteiger partial charge in [0, 0.05) is 30.6 Å². The van der Waals surface area contributed by atoms with Crippen molar-refractivity contribution < 1.29 is 0 Å². The van der Waals surface area contributed by atoms with Crippen LogP contribution in [0.4, 0.5) is 5.69 Å². The number of rotatable bonds is 2. The lowest BCUT2D eigenvalue weighted by atomic mass is 10.2. The quantitative estimate of drug-likeness (QED) is 0.794. The molecule has 0 unspecified atom stereocenters. The highest BCUT2D eigenvalue weighted by molar-refractivity contribution is 5.83. The Balaban J connectivity index is 2.32. The number of aromatic nitrogens is 1. The number of aryl methyl sites for hydroxylation is 1. The number of nitriles is 2. The zero-order chi connectivity index (χ0) is 12.3. The molecule has 1 aromatic carbocycles. The summed E-state index contributed by atoms with van der Waals surface area (Å²) >= 11 is 0. The van der Waals surface area contributed by atoms with Gasteiger partial charge in [0.25, 0.3) is 0 Å². The number of benzene rings is 1. The van der Waals surface area contributed by atoms with E-state index in [0.717, 1.165) is 16.6 Å². The van der Waals surface area contributed by atoms with Crippen LogP contribution in [-0.2, 0) is 7.05 Å². The van der Waals surface area contributed by atoms with Crippen molar-refractivity contribution in [1.29, 1.82) is 10.5 Å². The average molecular weight is 222 g/mol. The van der Waals surface area contributed by atoms with E-state index in [1.165, 1.54) is 6.20 Å². The Morgan fingerprint density at radius 1 is 1.29 bits per heavy atom. The normalized spacial score (nSPS) is 9.35. The Bertz CT molecular complexity index is 649. The molecule has 1 aromatic heterocycles. The molecule has 0 spiro atoms. The molecular formula is C13H10N4. The number of anilines is 1. The molecule has 17 heavy (non-hydrogen) atoms. The molecule has 4 nitrogen and oxygen atoms in total. The third kappa shape index (κ3) is 2.11. The minimum atomic E-state index is 0.0528. The molecule has 1 heterocycles. The van der Waals surface area contributed by atoms with Gasteiger partial charge in [0.2, 0.25) is 0 Å². The lowest BCUT2D eigenvalue weighted by Gasteiger charge is -2.02. The first-order chi connectivity index (χ1) is 8.24. The summed E-state index contributed by atoms with van der Waals surface area (Å²) in [7, 11) is 1.97. The van der Waals surface area contributed by atoms with Gasteiger partial charge in [-0.25, -0.2) is 0 Å². The van der Waals surface area contributed by atoms with Crippen LogP contribution in [0.2, 0.25) is 0 Å². The van der Waals surface area contributed by atoms with Crippen molar-refractivity contribution in [3.63, 3.8) is 0 Å². The molecule has 0 aliphatic heterocycles. The van der Waals surface area contributed by atoms with Gasteiger partial charge in [-0.2, -0.15) is 10.5 Å². The van der Waals surface area contributed by atoms with Crippen LogP contribution in [-0.4, -0.2) is 4.57 Å². The van der Waals surface area contributed by atoms with E-state index in [2.05, 4.69) is 5.32 Å². The fraction of sp³-hybridized carbons (Fsp3) is 0.0769. The Hall–Kier alpha value is -2.72. The van der Waals surface area contributed by atoms with Crippen LogP contribution < -0.4 is 5.32 Å². The first-order valence-electron chi connectivity index (χ1n) is 5.06. The molecule has 2 aromatic rings. The Morgan fingerprint density at radius 2 is 2.06 bits per heavy atom. The van der Waals surface area contributed by atoms with E-state index in [-0.39, 0.29) is 5.57 Å². The second-order valence-corrected chi connectivity index (χ2v) is 3.63. The third-order valence-electron chi connectivity index (χ3n) is 2.51. The van der Waals surface area contributed by atoms with Crippen LogP contribution in [0.5, 0.6) is 0 Å². The lowest BCUT2D eigenvalue weighted by Crippen LogP contribution is -1.91. The molecule has 0 saturated carbocycles. The summed E-state index contributed by atoms with van der Waals surface area (Å²) < 4.78 is 2.01. The maximum absolute atomic E-state index is 8.60. The molecule has 2 rings (SSSR count). The number of hydrogen-bond donors (Lipinski definition) is 1. The Labute approximate surface area is 99.0 Å². The molecule has 0 amide bonds. The summed E-state index contributed by atoms with van der Waals surface area (Å²) in [5, 5.41) is 21.3. The Kier molecular flexibility index (Phi) is 2.81. The van der Waals surface area contributed by atoms with Gasteiger partial charge in [-0.15, -0.1) is 0 Å². The minimum Gasteiger partial charge on any atom is -0.360 e. The van der Waals surface area contributed by atoms with Crippen LogP contribution in [0.15, 0.2) is 42.2 Å². The first kappa shape index (κ1) is 10.8. The highest BCUT2D eigenvalue weighted by atomic mass is 14.9. The molecule has 0 saturated heterocycles. The topological polar surface area (TPSA) is 64.5 Å². The van der Waals surface area contributed by atoms with E-state index in [1.54, 1.807) is 12.1 Å². The van der Waals surface area contributed by atoms with Crippen molar-refractivity contribution in [2.24, 2.45) is 7.05 Å². The number of nitrogens with zero attached hydrogens (tertiary/aromatic N) is 3. The standard InChI is InChI=1S/C13H10N4/c1-17-5-4-11-2-3-12(6-13(11)17)16-9-10(7-14)8-15/h2-6,9,16H,1H3. The molecule has 0 atom stereocenters. The van der Waals surface area contributed by atoms with Gasteiger partial charge in [-0.1, -0.05) is 6.07 Å². The summed E-state index contributed by atoms with van der Waals surface area (Å²) in [6.45, 7) is 0. The maximum Gasteiger partial charge on any atom is 0.145 e. The van der Waals surface area contributed by atoms with E-state index in [1.807, 2.05) is 42.1 Å². The maximum atomic E-state index is 8.60. The summed E-state index contributed by atoms with van der Waals surface area (Å²) in [5.74, 6) is 0. The van der Waals surface area contributed by atoms with Gasteiger partial charge in [0.15, 0.2) is 0 Å². The van der Waals surface area contributed by atoms with Crippen molar-refractivity contribution in [3.05, 3.63) is 42.2 Å². The van der Waals surface area contributed by atoms with Gasteiger partial charge in [0.1, 0.15) is 17.7 Å². The average Bonchev–Trinajstić information content (AvgIpc) is 2.72. The summed E-state index contributed by atoms with van der Waals surface area (Å²) in [6.07, 6.45) is 3.39. The van der Waals surface area contributed by atoms with Crippen molar-refractivity contribution in [2.75, 3.05) is 5.32 Å². The fourth-order valence-electron chi connectivity index (χ4n) is 1.60. The SMILES string of the molecule is Cn1ccc2ccc(NC=C(C#N)C#N)cc21. The molecule has 0 bridgehead atoms. The van der Waals surface area contributed by atoms with Gasteiger partial charge >= 0.3 is 0 Å². The molecule has 0 radical (unpaired) electrons. The molecule has 4 heteroatoms. The highest BCUT2D eigenvalue weighted by Gasteiger charge is 1.99. The van der Waals surface area contributed by atoms with Crippen molar-refractivity contribution in [2.45, 2.75) is 0 Å². The van der Waals surface area contributed by atoms with Gasteiger partial charge in [0.05, 0.1) is 0 Å². The zero-order valence-electron chi connectivity index (χ0n) is 9.31. The number of nitrogens with one attached hydrogen (secondary N) is 1. The van der Waals surface area contributed by atoms with Crippen molar-refractivity contribution in [3.8, 4) is 12.1 Å². The van der Waals surface area contributed by atoms with Crippen molar-refractivity contribution in [1.82, 2.24) is 4.57 Å². The predicted octanol–water partition coefficient (Wildman–Crippen LogP) is 2.52. The highest BCUT2D eigenvalue weighted by Crippen LogP contribution is 2.19. The second-order valence-electron chi connectivity index (χ2n) is 3.63. The third-order valence-corrected chi connectivity index (χ3v) is 2.51. The number of fused-ring (bicyclic) bond motifs is 1. The summed E-state index contributed by atoms with van der Waals surface area (Å²) in [4.78, 5) is 0. The fourth-order valence-corrected chi connectivity index (χ4v) is 1.60. The van der Waals surface area contributed by atoms with Crippen molar-refractivity contribution >= 4 is 16.6 Å². The van der Waals surface area contributed by atoms with E-state index in [9.17, 15) is 0 Å². The van der Waals surface area contributed by atoms with Gasteiger partial charge in [-0.3, -0.25) is 0 Å². The van der Waals surface area contributed by atoms with Crippen LogP contribution in [0.1, 0.15) is 0 Å². The molecule has 1 N–H and O–H groups in total. The number of allylic oxidation sites excluding steroid dienone is 1. The van der Waals surface area contributed by atoms with Gasteiger partial charge in [-0.05, 0) is 23.6 Å². The minimum absolute atomic E-state index is 0.0528. The number of hydrogen-bond acceptors (Lipinski definition) is 3. The van der Waals surface area contributed by atoms with Crippen LogP contribution in [0.25, 0.3) is 10.9 Å². The second kappa shape index (κ2) is 4.42. The summed E-state index contributed by atoms with van der Waals surface area (Å²) in [5.41, 5.74) is 2.00. The van der Waals surface area contributed by atoms with Crippen LogP contribution in [0, 0.1) is 22.7 Å². The van der Waals surface area contributed by atoms with Gasteiger partial charge < -0.3 is 9.88 Å². The van der Waals surface area contributed by atoms with E-state index in [0.29, 0.717) is 0 Å². The monoisotopic (exact) mass is 222 g/mol.